The topological polar surface area (TPSA) is 77.4 Å². The van der Waals surface area contributed by atoms with Gasteiger partial charge in [-0.2, -0.15) is 5.10 Å². The van der Waals surface area contributed by atoms with Gasteiger partial charge in [-0.15, -0.1) is 5.10 Å². The second-order valence-electron chi connectivity index (χ2n) is 10.5. The van der Waals surface area contributed by atoms with Gasteiger partial charge >= 0.3 is 0 Å². The normalized spacial score (nSPS) is 16.9. The quantitative estimate of drug-likeness (QED) is 0.301. The summed E-state index contributed by atoms with van der Waals surface area (Å²) in [6.45, 7) is 6.97. The van der Waals surface area contributed by atoms with Crippen molar-refractivity contribution in [3.63, 3.8) is 0 Å². The molecule has 1 fully saturated rings. The molecule has 0 saturated carbocycles. The van der Waals surface area contributed by atoms with Gasteiger partial charge < -0.3 is 22.5 Å². The maximum atomic E-state index is 6.19. The molecule has 4 rings (SSSR count). The third-order valence-electron chi connectivity index (χ3n) is 7.51. The molecule has 3 aromatic rings. The van der Waals surface area contributed by atoms with Crippen molar-refractivity contribution in [2.24, 2.45) is 0 Å². The van der Waals surface area contributed by atoms with Gasteiger partial charge in [0.1, 0.15) is 11.7 Å². The molecule has 1 aliphatic rings. The third kappa shape index (κ3) is 9.11. The first-order valence-corrected chi connectivity index (χ1v) is 14.3. The van der Waals surface area contributed by atoms with Gasteiger partial charge in [-0.25, -0.2) is 9.97 Å². The van der Waals surface area contributed by atoms with E-state index >= 15 is 0 Å². The van der Waals surface area contributed by atoms with E-state index in [2.05, 4.69) is 62.7 Å². The molecule has 2 N–H and O–H groups in total. The molecule has 0 bridgehead atoms. The summed E-state index contributed by atoms with van der Waals surface area (Å²) in [4.78, 5) is 8.72. The molecule has 6 nitrogen and oxygen atoms in total. The first-order chi connectivity index (χ1) is 18.2. The van der Waals surface area contributed by atoms with Gasteiger partial charge in [-0.3, -0.25) is 0 Å². The monoisotopic (exact) mass is 537 g/mol. The van der Waals surface area contributed by atoms with Gasteiger partial charge in [0.15, 0.2) is 5.82 Å². The van der Waals surface area contributed by atoms with E-state index in [1.54, 1.807) is 12.4 Å². The van der Waals surface area contributed by atoms with Crippen molar-refractivity contribution < 1.29 is 22.5 Å². The molecule has 2 atom stereocenters. The highest BCUT2D eigenvalue weighted by atomic mass is 35.5. The predicted octanol–water partition coefficient (Wildman–Crippen LogP) is 2.22. The smallest absolute Gasteiger partial charge is 0.180 e. The van der Waals surface area contributed by atoms with E-state index in [-0.39, 0.29) is 12.4 Å². The van der Waals surface area contributed by atoms with E-state index in [0.717, 1.165) is 43.0 Å². The van der Waals surface area contributed by atoms with Crippen LogP contribution in [0.25, 0.3) is 11.5 Å². The van der Waals surface area contributed by atoms with Crippen molar-refractivity contribution in [2.75, 3.05) is 19.8 Å². The summed E-state index contributed by atoms with van der Waals surface area (Å²) in [5, 5.41) is 11.1. The summed E-state index contributed by atoms with van der Waals surface area (Å²) in [6.07, 6.45) is 15.9. The number of hydrogen-bond donors (Lipinski definition) is 1. The van der Waals surface area contributed by atoms with Crippen LogP contribution in [0.5, 0.6) is 0 Å². The molecular formula is C31H44ClN5O. The summed E-state index contributed by atoms with van der Waals surface area (Å²) in [6, 6.07) is 13.9. The molecule has 0 unspecified atom stereocenters. The minimum atomic E-state index is 0. The van der Waals surface area contributed by atoms with Gasteiger partial charge in [0, 0.05) is 31.3 Å². The third-order valence-corrected chi connectivity index (χ3v) is 7.51. The van der Waals surface area contributed by atoms with Crippen LogP contribution in [0, 0.1) is 6.92 Å². The van der Waals surface area contributed by atoms with Crippen molar-refractivity contribution in [1.82, 2.24) is 20.2 Å². The van der Waals surface area contributed by atoms with Crippen LogP contribution in [-0.2, 0) is 17.6 Å². The van der Waals surface area contributed by atoms with Crippen LogP contribution in [0.2, 0.25) is 0 Å². The molecule has 7 heteroatoms. The highest BCUT2D eigenvalue weighted by Crippen LogP contribution is 2.26. The molecule has 1 aliphatic heterocycles. The lowest BCUT2D eigenvalue weighted by atomic mass is 9.91. The summed E-state index contributed by atoms with van der Waals surface area (Å²) < 4.78 is 6.19. The lowest BCUT2D eigenvalue weighted by molar-refractivity contribution is -0.673. The number of ether oxygens (including phenoxy) is 1. The summed E-state index contributed by atoms with van der Waals surface area (Å²) in [7, 11) is 0. The Balaban J connectivity index is 0.00000400. The molecule has 0 radical (unpaired) electrons. The van der Waals surface area contributed by atoms with Crippen molar-refractivity contribution >= 4 is 0 Å². The van der Waals surface area contributed by atoms with Crippen LogP contribution in [0.1, 0.15) is 86.6 Å². The molecule has 38 heavy (non-hydrogen) atoms. The fraction of sp³-hybridized carbons (Fsp3) is 0.548. The van der Waals surface area contributed by atoms with Crippen LogP contribution in [0.4, 0.5) is 0 Å². The number of aryl methyl sites for hydroxylation is 3. The maximum Gasteiger partial charge on any atom is 0.180 e. The van der Waals surface area contributed by atoms with Gasteiger partial charge in [-0.1, -0.05) is 63.3 Å². The fourth-order valence-corrected chi connectivity index (χ4v) is 5.43. The maximum absolute atomic E-state index is 6.19. The van der Waals surface area contributed by atoms with Crippen LogP contribution in [-0.4, -0.2) is 46.0 Å². The number of hydrogen-bond acceptors (Lipinski definition) is 5. The van der Waals surface area contributed by atoms with Crippen molar-refractivity contribution in [1.29, 1.82) is 0 Å². The number of nitrogens with zero attached hydrogens (tertiary/aromatic N) is 4. The molecule has 206 valence electrons. The predicted molar refractivity (Wildman–Crippen MR) is 148 cm³/mol. The van der Waals surface area contributed by atoms with Crippen molar-refractivity contribution in [2.45, 2.75) is 90.0 Å². The van der Waals surface area contributed by atoms with Crippen LogP contribution < -0.4 is 17.7 Å². The van der Waals surface area contributed by atoms with Crippen molar-refractivity contribution in [3.8, 4) is 11.5 Å². The first kappa shape index (κ1) is 30.1. The Kier molecular flexibility index (Phi) is 13.1. The Morgan fingerprint density at radius 1 is 0.921 bits per heavy atom. The van der Waals surface area contributed by atoms with Gasteiger partial charge in [0.2, 0.25) is 0 Å². The minimum Gasteiger partial charge on any atom is -1.00 e. The summed E-state index contributed by atoms with van der Waals surface area (Å²) in [5.74, 6) is 1.21. The van der Waals surface area contributed by atoms with E-state index in [1.807, 2.05) is 13.0 Å². The average molecular weight is 538 g/mol. The largest absolute Gasteiger partial charge is 1.00 e. The zero-order chi connectivity index (χ0) is 25.7. The number of unbranched alkanes of at least 4 members (excludes halogenated alkanes) is 5. The van der Waals surface area contributed by atoms with Crippen LogP contribution >= 0.6 is 0 Å². The zero-order valence-electron chi connectivity index (χ0n) is 23.1. The van der Waals surface area contributed by atoms with Gasteiger partial charge in [0.05, 0.1) is 18.8 Å². The molecule has 2 aromatic heterocycles. The van der Waals surface area contributed by atoms with Crippen molar-refractivity contribution in [3.05, 3.63) is 71.2 Å². The lowest BCUT2D eigenvalue weighted by Gasteiger charge is -2.17. The zero-order valence-corrected chi connectivity index (χ0v) is 23.9. The second-order valence-corrected chi connectivity index (χ2v) is 10.5. The SMILES string of the molecule is CCCCCCCCc1ccc([C@H]2CC[NH2+][C@@H]2COCCCc2cc(C)nnc2-c2ncccn2)cc1.[Cl-]. The Hall–Kier alpha value is -2.41. The summed E-state index contributed by atoms with van der Waals surface area (Å²) >= 11 is 0. The van der Waals surface area contributed by atoms with Crippen LogP contribution in [0.15, 0.2) is 48.8 Å². The Morgan fingerprint density at radius 2 is 1.68 bits per heavy atom. The van der Waals surface area contributed by atoms with Crippen LogP contribution in [0.3, 0.4) is 0 Å². The standard InChI is InChI=1S/C31H43N5O.ClH/c1-3-4-5-6-7-8-11-25-13-15-26(16-14-25)28-17-20-32-29(28)23-37-21-9-12-27-22-24(2)35-36-30(27)31-33-18-10-19-34-31;/h10,13-16,18-19,22,28-29,32H,3-9,11-12,17,20-21,23H2,1-2H3;1H/t28-,29-;/m1./s1. The number of quaternary nitrogens is 1. The Morgan fingerprint density at radius 3 is 2.47 bits per heavy atom. The molecule has 1 saturated heterocycles. The molecule has 1 aromatic carbocycles. The molecule has 0 spiro atoms. The van der Waals surface area contributed by atoms with E-state index < -0.39 is 0 Å². The lowest BCUT2D eigenvalue weighted by Crippen LogP contribution is -3.00. The first-order valence-electron chi connectivity index (χ1n) is 14.3. The number of nitrogens with two attached hydrogens (primary N) is 1. The Labute approximate surface area is 234 Å². The fourth-order valence-electron chi connectivity index (χ4n) is 5.43. The summed E-state index contributed by atoms with van der Waals surface area (Å²) in [5.41, 5.74) is 5.77. The average Bonchev–Trinajstić information content (AvgIpc) is 3.40. The highest BCUT2D eigenvalue weighted by Gasteiger charge is 2.32. The van der Waals surface area contributed by atoms with E-state index in [4.69, 9.17) is 4.74 Å². The van der Waals surface area contributed by atoms with Gasteiger partial charge in [0.25, 0.3) is 0 Å². The Bertz CT molecular complexity index is 1060. The van der Waals surface area contributed by atoms with E-state index in [1.165, 1.54) is 69.0 Å². The number of rotatable bonds is 15. The minimum absolute atomic E-state index is 0. The van der Waals surface area contributed by atoms with E-state index in [0.29, 0.717) is 17.8 Å². The number of aromatic nitrogens is 4. The molecule has 0 amide bonds. The van der Waals surface area contributed by atoms with Gasteiger partial charge in [-0.05, 0) is 61.4 Å². The second kappa shape index (κ2) is 16.5. The highest BCUT2D eigenvalue weighted by molar-refractivity contribution is 5.53. The molecular weight excluding hydrogens is 494 g/mol. The number of benzene rings is 1. The number of halogens is 1. The molecule has 3 heterocycles. The van der Waals surface area contributed by atoms with E-state index in [9.17, 15) is 0 Å². The molecule has 0 aliphatic carbocycles.